The van der Waals surface area contributed by atoms with Crippen LogP contribution < -0.4 is 9.47 Å². The molecule has 6 nitrogen and oxygen atoms in total. The van der Waals surface area contributed by atoms with Crippen LogP contribution >= 0.6 is 15.9 Å². The van der Waals surface area contributed by atoms with Gasteiger partial charge in [-0.3, -0.25) is 0 Å². The van der Waals surface area contributed by atoms with Gasteiger partial charge in [0, 0.05) is 0 Å². The zero-order valence-corrected chi connectivity index (χ0v) is 47.8. The summed E-state index contributed by atoms with van der Waals surface area (Å²) in [4.78, 5) is 15.9. The molecule has 0 saturated carbocycles. The molecule has 83 heavy (non-hydrogen) atoms. The normalized spacial score (nSPS) is 15.1. The van der Waals surface area contributed by atoms with Crippen LogP contribution in [0.3, 0.4) is 0 Å². The van der Waals surface area contributed by atoms with Crippen molar-refractivity contribution in [1.82, 2.24) is 0 Å². The van der Waals surface area contributed by atoms with Gasteiger partial charge in [-0.1, -0.05) is 0 Å². The van der Waals surface area contributed by atoms with Gasteiger partial charge in [-0.05, 0) is 0 Å². The summed E-state index contributed by atoms with van der Waals surface area (Å²) in [5, 5.41) is 0.428. The van der Waals surface area contributed by atoms with Crippen molar-refractivity contribution in [3.63, 3.8) is 0 Å². The molecular formula is C58H52BrF17GeO6. The Morgan fingerprint density at radius 1 is 0.651 bits per heavy atom. The molecule has 0 N–H and O–H groups in total. The SMILES string of the molecule is CCCCC[C@H](OC(=O)c1c(C)cccc1Oc1ccc2c(c1Br)COCO2)[C@@H](/C=[CH]/[Ge]([CH2]CC(F)(F)C(F)(F)C(F)(F)C(F)(F)C(F)(F)C(F)(F)C(F)(F)C(F)(F)F)([CH2]c1ccc2ccccc2c1)[CH2]c1ccc2ccccc2c1)OC. The molecule has 1 aliphatic rings. The fraction of sp³-hybridized carbons (Fsp3) is 0.397. The van der Waals surface area contributed by atoms with Crippen molar-refractivity contribution in [2.24, 2.45) is 0 Å². The predicted octanol–water partition coefficient (Wildman–Crippen LogP) is 18.4. The van der Waals surface area contributed by atoms with Crippen LogP contribution in [0.2, 0.25) is 5.25 Å². The van der Waals surface area contributed by atoms with Crippen LogP contribution in [0.4, 0.5) is 74.6 Å². The molecule has 1 aliphatic heterocycles. The summed E-state index contributed by atoms with van der Waals surface area (Å²) >= 11 is -1.66. The van der Waals surface area contributed by atoms with Crippen LogP contribution in [0.25, 0.3) is 21.5 Å². The third kappa shape index (κ3) is 12.9. The van der Waals surface area contributed by atoms with E-state index in [1.165, 1.54) is 36.3 Å². The quantitative estimate of drug-likeness (QED) is 0.0246. The second kappa shape index (κ2) is 24.8. The number of rotatable bonds is 25. The third-order valence-electron chi connectivity index (χ3n) is 14.5. The number of halogens is 18. The number of methoxy groups -OCH3 is 1. The van der Waals surface area contributed by atoms with E-state index in [9.17, 15) is 44.3 Å². The van der Waals surface area contributed by atoms with Crippen molar-refractivity contribution >= 4 is 56.7 Å². The van der Waals surface area contributed by atoms with E-state index in [4.69, 9.17) is 23.7 Å². The first kappa shape index (κ1) is 65.0. The van der Waals surface area contributed by atoms with E-state index in [1.807, 2.05) is 6.92 Å². The van der Waals surface area contributed by atoms with Crippen LogP contribution in [0.15, 0.2) is 131 Å². The molecule has 6 aromatic carbocycles. The molecule has 0 spiro atoms. The molecule has 0 aliphatic carbocycles. The maximum absolute atomic E-state index is 16.3. The van der Waals surface area contributed by atoms with Crippen molar-refractivity contribution < 1.29 is 103 Å². The second-order valence-electron chi connectivity index (χ2n) is 20.2. The fourth-order valence-electron chi connectivity index (χ4n) is 9.73. The van der Waals surface area contributed by atoms with Crippen molar-refractivity contribution in [2.75, 3.05) is 13.9 Å². The Bertz CT molecular complexity index is 3220. The Labute approximate surface area is 475 Å². The molecule has 0 unspecified atom stereocenters. The number of fused-ring (bicyclic) bond motifs is 3. The molecule has 0 fully saturated rings. The monoisotopic (exact) mass is 1320 g/mol. The van der Waals surface area contributed by atoms with Crippen molar-refractivity contribution in [1.29, 1.82) is 0 Å². The zero-order chi connectivity index (χ0) is 61.2. The van der Waals surface area contributed by atoms with E-state index in [0.29, 0.717) is 73.3 Å². The van der Waals surface area contributed by atoms with Crippen LogP contribution in [-0.4, -0.2) is 93.0 Å². The van der Waals surface area contributed by atoms with Gasteiger partial charge < -0.3 is 9.47 Å². The summed E-state index contributed by atoms with van der Waals surface area (Å²) < 4.78 is 279. The molecule has 0 amide bonds. The van der Waals surface area contributed by atoms with E-state index in [0.717, 1.165) is 0 Å². The molecule has 0 saturated heterocycles. The number of esters is 1. The van der Waals surface area contributed by atoms with Gasteiger partial charge in [0.1, 0.15) is 5.75 Å². The van der Waals surface area contributed by atoms with E-state index in [2.05, 4.69) is 15.9 Å². The van der Waals surface area contributed by atoms with Crippen molar-refractivity contribution in [2.45, 2.75) is 128 Å². The summed E-state index contributed by atoms with van der Waals surface area (Å²) in [6.07, 6.45) is -10.1. The van der Waals surface area contributed by atoms with Gasteiger partial charge in [0.15, 0.2) is 6.79 Å². The number of carbonyl (C=O) groups excluding carboxylic acids is 1. The number of benzene rings is 6. The Hall–Kier alpha value is -5.60. The molecule has 0 aromatic heterocycles. The Balaban J connectivity index is 1.33. The number of ether oxygens (including phenoxy) is 5. The van der Waals surface area contributed by atoms with Crippen molar-refractivity contribution in [3.05, 3.63) is 159 Å². The van der Waals surface area contributed by atoms with E-state index >= 15 is 35.1 Å². The molecule has 7 rings (SSSR count). The molecule has 2 atom stereocenters. The van der Waals surface area contributed by atoms with Crippen LogP contribution in [-0.2, 0) is 31.3 Å². The average molecular weight is 1320 g/mol. The first-order valence-electron chi connectivity index (χ1n) is 25.6. The standard InChI is InChI=1S/C58H52BrF17GeO6/c1-4-5-6-17-45(83-50(78)48-35(2)12-11-18-46(48)82-47-24-23-43-42(49(47)59)33-80-34-81-43)44(79-3)25-27-77(31-36-19-21-38-13-7-9-15-40(38)29-36,32-37-20-22-39-14-8-10-16-41(39)30-37)28-26-51(60,61)52(62,63)53(64,65)54(66,67)55(68,69)56(70,71)57(72,73)58(74,75)76/h7-16,18-25,27,29-30,44-45H,4-6,17,26,28,31-34H2,1-3H3/b27-25+/t44-,45+/m1/s1. The van der Waals surface area contributed by atoms with Crippen molar-refractivity contribution in [3.8, 4) is 17.2 Å². The number of alkyl halides is 17. The van der Waals surface area contributed by atoms with Gasteiger partial charge in [-0.2, -0.15) is 0 Å². The predicted molar refractivity (Wildman–Crippen MR) is 280 cm³/mol. The first-order chi connectivity index (χ1) is 38.7. The molecular weight excluding hydrogens is 1270 g/mol. The molecule has 6 aromatic rings. The van der Waals surface area contributed by atoms with Crippen LogP contribution in [0.5, 0.6) is 17.2 Å². The van der Waals surface area contributed by atoms with E-state index in [1.54, 1.807) is 104 Å². The number of hydrogen-bond acceptors (Lipinski definition) is 6. The maximum atomic E-state index is 16.3. The number of hydrogen-bond donors (Lipinski definition) is 0. The third-order valence-corrected chi connectivity index (χ3v) is 24.5. The van der Waals surface area contributed by atoms with Gasteiger partial charge >= 0.3 is 449 Å². The summed E-state index contributed by atoms with van der Waals surface area (Å²) in [6, 6.07) is 30.8. The van der Waals surface area contributed by atoms with Gasteiger partial charge in [-0.15, -0.1) is 0 Å². The minimum atomic E-state index is -8.76. The second-order valence-corrected chi connectivity index (χ2v) is 30.0. The van der Waals surface area contributed by atoms with Gasteiger partial charge in [-0.25, -0.2) is 0 Å². The Morgan fingerprint density at radius 3 is 1.73 bits per heavy atom. The summed E-state index contributed by atoms with van der Waals surface area (Å²) in [5.41, 5.74) is 1.59. The van der Waals surface area contributed by atoms with Gasteiger partial charge in [0.2, 0.25) is 0 Å². The first-order valence-corrected chi connectivity index (χ1v) is 32.0. The van der Waals surface area contributed by atoms with Crippen LogP contribution in [0.1, 0.15) is 71.6 Å². The average Bonchev–Trinajstić information content (AvgIpc) is 1.70. The molecule has 1 heterocycles. The van der Waals surface area contributed by atoms with E-state index < -0.39 is 90.8 Å². The summed E-state index contributed by atoms with van der Waals surface area (Å²) in [6.45, 7) is 3.64. The summed E-state index contributed by atoms with van der Waals surface area (Å²) in [5.74, 6) is -57.5. The fourth-order valence-corrected chi connectivity index (χ4v) is 19.4. The van der Waals surface area contributed by atoms with E-state index in [-0.39, 0.29) is 47.4 Å². The topological polar surface area (TPSA) is 63.2 Å². The summed E-state index contributed by atoms with van der Waals surface area (Å²) in [7, 11) is 1.18. The molecule has 0 radical (unpaired) electrons. The zero-order valence-electron chi connectivity index (χ0n) is 44.1. The molecule has 25 heteroatoms. The minimum absolute atomic E-state index is 0.0131. The number of carbonyl (C=O) groups is 1. The number of aryl methyl sites for hydroxylation is 1. The Kier molecular flexibility index (Phi) is 19.4. The molecule has 0 bridgehead atoms. The van der Waals surface area contributed by atoms with Gasteiger partial charge in [0.25, 0.3) is 0 Å². The van der Waals surface area contributed by atoms with Crippen LogP contribution in [0, 0.1) is 6.92 Å². The van der Waals surface area contributed by atoms with Gasteiger partial charge in [0.05, 0.1) is 6.61 Å². The Morgan fingerprint density at radius 2 is 1.19 bits per heavy atom. The molecule has 450 valence electrons. The number of unbranched alkanes of at least 4 members (excludes halogenated alkanes) is 2.